The van der Waals surface area contributed by atoms with Gasteiger partial charge in [0, 0.05) is 5.33 Å². The van der Waals surface area contributed by atoms with Gasteiger partial charge in [-0.3, -0.25) is 5.01 Å². The Balaban J connectivity index is 2.25. The highest BCUT2D eigenvalue weighted by molar-refractivity contribution is 9.09. The first kappa shape index (κ1) is 11.1. The van der Waals surface area contributed by atoms with Crippen LogP contribution in [-0.2, 0) is 4.74 Å². The smallest absolute Gasteiger partial charge is 0.246 e. The van der Waals surface area contributed by atoms with Gasteiger partial charge >= 0.3 is 0 Å². The third-order valence-electron chi connectivity index (χ3n) is 2.05. The highest BCUT2D eigenvalue weighted by atomic mass is 79.9. The SMILES string of the molecule is Fc1ccccc1C1=NN(CCBr)C=CO1. The average molecular weight is 285 g/mol. The van der Waals surface area contributed by atoms with Crippen LogP contribution in [0.4, 0.5) is 4.39 Å². The molecule has 1 aromatic rings. The summed E-state index contributed by atoms with van der Waals surface area (Å²) in [4.78, 5) is 0. The predicted octanol–water partition coefficient (Wildman–Crippen LogP) is 2.69. The molecule has 0 N–H and O–H groups in total. The Morgan fingerprint density at radius 3 is 2.94 bits per heavy atom. The van der Waals surface area contributed by atoms with Crippen molar-refractivity contribution in [3.63, 3.8) is 0 Å². The molecule has 3 nitrogen and oxygen atoms in total. The van der Waals surface area contributed by atoms with Gasteiger partial charge in [0.25, 0.3) is 0 Å². The van der Waals surface area contributed by atoms with Crippen LogP contribution in [0.2, 0.25) is 0 Å². The maximum absolute atomic E-state index is 13.5. The molecule has 0 fully saturated rings. The lowest BCUT2D eigenvalue weighted by molar-refractivity contribution is 0.342. The number of ether oxygens (including phenoxy) is 1. The topological polar surface area (TPSA) is 24.8 Å². The number of hydrogen-bond acceptors (Lipinski definition) is 3. The van der Waals surface area contributed by atoms with Crippen molar-refractivity contribution in [1.82, 2.24) is 5.01 Å². The van der Waals surface area contributed by atoms with Gasteiger partial charge in [-0.1, -0.05) is 28.1 Å². The van der Waals surface area contributed by atoms with E-state index in [0.717, 1.165) is 5.33 Å². The molecule has 0 atom stereocenters. The van der Waals surface area contributed by atoms with Crippen molar-refractivity contribution in [3.05, 3.63) is 48.1 Å². The Morgan fingerprint density at radius 2 is 2.19 bits per heavy atom. The first-order valence-electron chi connectivity index (χ1n) is 4.80. The number of alkyl halides is 1. The summed E-state index contributed by atoms with van der Waals surface area (Å²) in [6.45, 7) is 0.706. The van der Waals surface area contributed by atoms with Crippen LogP contribution in [0.3, 0.4) is 0 Å². The third-order valence-corrected chi connectivity index (χ3v) is 2.40. The molecule has 1 aliphatic heterocycles. The van der Waals surface area contributed by atoms with E-state index in [0.29, 0.717) is 12.1 Å². The standard InChI is InChI=1S/C11H10BrFN2O/c12-5-6-15-7-8-16-11(14-15)9-3-1-2-4-10(9)13/h1-4,7-8H,5-6H2. The fourth-order valence-electron chi connectivity index (χ4n) is 1.30. The average Bonchev–Trinajstić information content (AvgIpc) is 2.30. The lowest BCUT2D eigenvalue weighted by atomic mass is 10.2. The van der Waals surface area contributed by atoms with Gasteiger partial charge in [0.05, 0.1) is 18.3 Å². The minimum atomic E-state index is -0.338. The monoisotopic (exact) mass is 284 g/mol. The largest absolute Gasteiger partial charge is 0.443 e. The summed E-state index contributed by atoms with van der Waals surface area (Å²) in [6, 6.07) is 6.40. The van der Waals surface area contributed by atoms with Crippen LogP contribution in [-0.4, -0.2) is 22.8 Å². The van der Waals surface area contributed by atoms with Crippen LogP contribution in [0.1, 0.15) is 5.56 Å². The van der Waals surface area contributed by atoms with Crippen molar-refractivity contribution in [1.29, 1.82) is 0 Å². The van der Waals surface area contributed by atoms with E-state index in [1.54, 1.807) is 29.4 Å². The Hall–Kier alpha value is -1.36. The summed E-state index contributed by atoms with van der Waals surface area (Å²) in [5, 5.41) is 6.65. The maximum atomic E-state index is 13.5. The zero-order chi connectivity index (χ0) is 11.4. The van der Waals surface area contributed by atoms with Gasteiger partial charge in [0.2, 0.25) is 5.90 Å². The van der Waals surface area contributed by atoms with Crippen LogP contribution in [0, 0.1) is 5.82 Å². The van der Waals surface area contributed by atoms with Crippen LogP contribution < -0.4 is 0 Å². The quantitative estimate of drug-likeness (QED) is 0.798. The van der Waals surface area contributed by atoms with E-state index in [9.17, 15) is 4.39 Å². The molecule has 0 spiro atoms. The van der Waals surface area contributed by atoms with E-state index in [1.807, 2.05) is 0 Å². The molecule has 16 heavy (non-hydrogen) atoms. The van der Waals surface area contributed by atoms with Gasteiger partial charge in [-0.15, -0.1) is 5.10 Å². The molecule has 0 amide bonds. The third kappa shape index (κ3) is 2.41. The van der Waals surface area contributed by atoms with Crippen LogP contribution in [0.15, 0.2) is 41.8 Å². The van der Waals surface area contributed by atoms with Crippen molar-refractivity contribution in [2.75, 3.05) is 11.9 Å². The maximum Gasteiger partial charge on any atom is 0.246 e. The Morgan fingerprint density at radius 1 is 1.38 bits per heavy atom. The number of hydrazone groups is 1. The zero-order valence-electron chi connectivity index (χ0n) is 8.44. The van der Waals surface area contributed by atoms with Gasteiger partial charge in [0.15, 0.2) is 0 Å². The fraction of sp³-hybridized carbons (Fsp3) is 0.182. The van der Waals surface area contributed by atoms with Crippen LogP contribution in [0.5, 0.6) is 0 Å². The molecule has 1 aliphatic rings. The van der Waals surface area contributed by atoms with Gasteiger partial charge in [-0.25, -0.2) is 4.39 Å². The number of hydrogen-bond donors (Lipinski definition) is 0. The fourth-order valence-corrected chi connectivity index (χ4v) is 1.67. The van der Waals surface area contributed by atoms with Gasteiger partial charge in [-0.2, -0.15) is 0 Å². The first-order valence-corrected chi connectivity index (χ1v) is 5.93. The molecule has 0 bridgehead atoms. The Bertz CT molecular complexity index is 434. The molecule has 0 saturated heterocycles. The van der Waals surface area contributed by atoms with Crippen LogP contribution in [0.25, 0.3) is 0 Å². The molecular weight excluding hydrogens is 275 g/mol. The van der Waals surface area contributed by atoms with Crippen LogP contribution >= 0.6 is 15.9 Å². The number of benzene rings is 1. The highest BCUT2D eigenvalue weighted by Gasteiger charge is 2.14. The summed E-state index contributed by atoms with van der Waals surface area (Å²) in [7, 11) is 0. The molecule has 0 aliphatic carbocycles. The van der Waals surface area contributed by atoms with E-state index in [1.165, 1.54) is 12.3 Å². The van der Waals surface area contributed by atoms with Crippen molar-refractivity contribution in [3.8, 4) is 0 Å². The van der Waals surface area contributed by atoms with Crippen molar-refractivity contribution >= 4 is 21.8 Å². The summed E-state index contributed by atoms with van der Waals surface area (Å²) in [5.74, 6) is -0.0584. The summed E-state index contributed by atoms with van der Waals surface area (Å²) < 4.78 is 18.7. The van der Waals surface area contributed by atoms with E-state index < -0.39 is 0 Å². The molecule has 1 aromatic carbocycles. The summed E-state index contributed by atoms with van der Waals surface area (Å²) >= 11 is 3.32. The molecule has 0 unspecified atom stereocenters. The molecule has 84 valence electrons. The minimum Gasteiger partial charge on any atom is -0.443 e. The number of rotatable bonds is 3. The van der Waals surface area contributed by atoms with Crippen molar-refractivity contribution in [2.45, 2.75) is 0 Å². The van der Waals surface area contributed by atoms with Gasteiger partial charge < -0.3 is 4.74 Å². The number of halogens is 2. The zero-order valence-corrected chi connectivity index (χ0v) is 10.0. The molecule has 0 radical (unpaired) electrons. The van der Waals surface area contributed by atoms with E-state index in [2.05, 4.69) is 21.0 Å². The van der Waals surface area contributed by atoms with E-state index >= 15 is 0 Å². The normalized spacial score (nSPS) is 14.6. The molecule has 0 aromatic heterocycles. The molecule has 1 heterocycles. The van der Waals surface area contributed by atoms with Crippen molar-refractivity contribution < 1.29 is 9.13 Å². The Labute approximate surface area is 101 Å². The first-order chi connectivity index (χ1) is 7.81. The summed E-state index contributed by atoms with van der Waals surface area (Å²) in [5.41, 5.74) is 0.367. The second-order valence-corrected chi connectivity index (χ2v) is 3.93. The molecule has 5 heteroatoms. The van der Waals surface area contributed by atoms with E-state index in [4.69, 9.17) is 4.74 Å². The van der Waals surface area contributed by atoms with Gasteiger partial charge in [0.1, 0.15) is 12.1 Å². The molecule has 2 rings (SSSR count). The van der Waals surface area contributed by atoms with E-state index in [-0.39, 0.29) is 11.7 Å². The molecular formula is C11H10BrFN2O. The lowest BCUT2D eigenvalue weighted by Gasteiger charge is -2.19. The van der Waals surface area contributed by atoms with Crippen molar-refractivity contribution in [2.24, 2.45) is 5.10 Å². The minimum absolute atomic E-state index is 0.279. The van der Waals surface area contributed by atoms with Gasteiger partial charge in [-0.05, 0) is 12.1 Å². The number of nitrogens with zero attached hydrogens (tertiary/aromatic N) is 2. The lowest BCUT2D eigenvalue weighted by Crippen LogP contribution is -2.21. The summed E-state index contributed by atoms with van der Waals surface area (Å²) in [6.07, 6.45) is 3.20. The Kier molecular flexibility index (Phi) is 3.56. The molecule has 0 saturated carbocycles. The second-order valence-electron chi connectivity index (χ2n) is 3.14. The highest BCUT2D eigenvalue weighted by Crippen LogP contribution is 2.13. The second kappa shape index (κ2) is 5.12. The predicted molar refractivity (Wildman–Crippen MR) is 63.7 cm³/mol.